The lowest BCUT2D eigenvalue weighted by Crippen LogP contribution is -2.33. The molecule has 1 unspecified atom stereocenters. The van der Waals surface area contributed by atoms with Crippen molar-refractivity contribution in [3.63, 3.8) is 0 Å². The van der Waals surface area contributed by atoms with Crippen LogP contribution in [-0.4, -0.2) is 30.9 Å². The third-order valence-electron chi connectivity index (χ3n) is 3.77. The zero-order valence-corrected chi connectivity index (χ0v) is 11.7. The van der Waals surface area contributed by atoms with E-state index in [9.17, 15) is 5.11 Å². The van der Waals surface area contributed by atoms with E-state index in [1.807, 2.05) is 6.07 Å². The lowest BCUT2D eigenvalue weighted by Gasteiger charge is -2.25. The minimum Gasteiger partial charge on any atom is -0.489 e. The molecule has 1 aromatic carbocycles. The largest absolute Gasteiger partial charge is 0.489 e. The Kier molecular flexibility index (Phi) is 5.85. The zero-order valence-electron chi connectivity index (χ0n) is 11.7. The van der Waals surface area contributed by atoms with Gasteiger partial charge >= 0.3 is 0 Å². The maximum atomic E-state index is 9.84. The van der Waals surface area contributed by atoms with Crippen molar-refractivity contribution in [1.82, 2.24) is 5.32 Å². The number of nitriles is 1. The summed E-state index contributed by atoms with van der Waals surface area (Å²) in [7, 11) is 0. The Bertz CT molecular complexity index is 452. The molecule has 108 valence electrons. The van der Waals surface area contributed by atoms with Crippen molar-refractivity contribution >= 4 is 0 Å². The van der Waals surface area contributed by atoms with Crippen molar-refractivity contribution in [3.05, 3.63) is 29.8 Å². The van der Waals surface area contributed by atoms with Crippen molar-refractivity contribution in [2.75, 3.05) is 19.7 Å². The molecule has 1 saturated carbocycles. The number of aliphatic hydroxyl groups excluding tert-OH is 1. The maximum absolute atomic E-state index is 9.84. The summed E-state index contributed by atoms with van der Waals surface area (Å²) >= 11 is 0. The number of para-hydroxylation sites is 1. The number of benzene rings is 1. The van der Waals surface area contributed by atoms with Gasteiger partial charge in [-0.05, 0) is 31.0 Å². The molecule has 0 bridgehead atoms. The molecule has 1 atom stereocenters. The van der Waals surface area contributed by atoms with Crippen LogP contribution >= 0.6 is 0 Å². The molecule has 0 spiro atoms. The first-order valence-corrected chi connectivity index (χ1v) is 7.30. The highest BCUT2D eigenvalue weighted by molar-refractivity contribution is 5.42. The Morgan fingerprint density at radius 2 is 2.20 bits per heavy atom. The topological polar surface area (TPSA) is 65.3 Å². The number of hydrogen-bond donors (Lipinski definition) is 2. The van der Waals surface area contributed by atoms with Crippen molar-refractivity contribution in [2.24, 2.45) is 5.92 Å². The molecule has 0 saturated heterocycles. The fourth-order valence-electron chi connectivity index (χ4n) is 2.29. The third kappa shape index (κ3) is 4.52. The Balaban J connectivity index is 1.61. The van der Waals surface area contributed by atoms with Gasteiger partial charge in [-0.2, -0.15) is 5.26 Å². The molecule has 0 aromatic heterocycles. The Morgan fingerprint density at radius 3 is 2.90 bits per heavy atom. The van der Waals surface area contributed by atoms with Gasteiger partial charge in [-0.1, -0.05) is 31.4 Å². The number of hydrogen-bond acceptors (Lipinski definition) is 4. The highest BCUT2D eigenvalue weighted by Crippen LogP contribution is 2.28. The van der Waals surface area contributed by atoms with E-state index in [2.05, 4.69) is 11.4 Å². The molecule has 2 rings (SSSR count). The average molecular weight is 274 g/mol. The van der Waals surface area contributed by atoms with Crippen LogP contribution in [-0.2, 0) is 0 Å². The number of aliphatic hydroxyl groups is 1. The monoisotopic (exact) mass is 274 g/mol. The van der Waals surface area contributed by atoms with Crippen molar-refractivity contribution in [1.29, 1.82) is 5.26 Å². The first kappa shape index (κ1) is 14.8. The summed E-state index contributed by atoms with van der Waals surface area (Å²) in [5, 5.41) is 22.0. The zero-order chi connectivity index (χ0) is 14.2. The molecule has 0 amide bonds. The molecule has 1 aliphatic rings. The fourth-order valence-corrected chi connectivity index (χ4v) is 2.29. The van der Waals surface area contributed by atoms with E-state index >= 15 is 0 Å². The van der Waals surface area contributed by atoms with E-state index in [1.165, 1.54) is 25.7 Å². The second-order valence-corrected chi connectivity index (χ2v) is 5.36. The van der Waals surface area contributed by atoms with Crippen molar-refractivity contribution in [3.8, 4) is 11.8 Å². The number of nitrogens with one attached hydrogen (secondary N) is 1. The van der Waals surface area contributed by atoms with E-state index in [-0.39, 0.29) is 6.61 Å². The van der Waals surface area contributed by atoms with Crippen molar-refractivity contribution < 1.29 is 9.84 Å². The van der Waals surface area contributed by atoms with Crippen LogP contribution in [0.1, 0.15) is 31.2 Å². The van der Waals surface area contributed by atoms with Crippen LogP contribution in [0, 0.1) is 17.2 Å². The van der Waals surface area contributed by atoms with E-state index < -0.39 is 6.10 Å². The van der Waals surface area contributed by atoms with Gasteiger partial charge in [-0.3, -0.25) is 0 Å². The summed E-state index contributed by atoms with van der Waals surface area (Å²) in [6.45, 7) is 1.69. The normalized spacial score (nSPS) is 16.2. The first-order valence-electron chi connectivity index (χ1n) is 7.30. The SMILES string of the molecule is N#Cc1ccccc1OCC(O)CNCCC1CCC1. The third-order valence-corrected chi connectivity index (χ3v) is 3.77. The Morgan fingerprint density at radius 1 is 1.40 bits per heavy atom. The Hall–Kier alpha value is -1.57. The van der Waals surface area contributed by atoms with Gasteiger partial charge in [0, 0.05) is 6.54 Å². The second kappa shape index (κ2) is 7.88. The van der Waals surface area contributed by atoms with Crippen LogP contribution in [0.25, 0.3) is 0 Å². The number of rotatable bonds is 8. The molecule has 0 radical (unpaired) electrons. The van der Waals surface area contributed by atoms with Gasteiger partial charge in [0.05, 0.1) is 5.56 Å². The van der Waals surface area contributed by atoms with E-state index in [4.69, 9.17) is 10.00 Å². The fraction of sp³-hybridized carbons (Fsp3) is 0.562. The summed E-state index contributed by atoms with van der Waals surface area (Å²) in [6.07, 6.45) is 4.74. The molecule has 1 aliphatic carbocycles. The van der Waals surface area contributed by atoms with E-state index in [1.54, 1.807) is 18.2 Å². The quantitative estimate of drug-likeness (QED) is 0.712. The summed E-state index contributed by atoms with van der Waals surface area (Å²) in [4.78, 5) is 0. The minimum absolute atomic E-state index is 0.203. The van der Waals surface area contributed by atoms with E-state index in [0.717, 1.165) is 12.5 Å². The molecular formula is C16H22N2O2. The predicted molar refractivity (Wildman–Crippen MR) is 77.5 cm³/mol. The molecule has 0 aliphatic heterocycles. The summed E-state index contributed by atoms with van der Waals surface area (Å²) < 4.78 is 5.49. The molecule has 1 fully saturated rings. The van der Waals surface area contributed by atoms with Crippen LogP contribution in [0.4, 0.5) is 0 Å². The van der Waals surface area contributed by atoms with Crippen LogP contribution in [0.2, 0.25) is 0 Å². The minimum atomic E-state index is -0.553. The summed E-state index contributed by atoms with van der Waals surface area (Å²) in [5.41, 5.74) is 0.498. The lowest BCUT2D eigenvalue weighted by atomic mass is 9.83. The van der Waals surface area contributed by atoms with Gasteiger partial charge in [-0.25, -0.2) is 0 Å². The molecule has 4 nitrogen and oxygen atoms in total. The average Bonchev–Trinajstić information content (AvgIpc) is 2.43. The van der Waals surface area contributed by atoms with Gasteiger partial charge in [-0.15, -0.1) is 0 Å². The molecule has 4 heteroatoms. The van der Waals surface area contributed by atoms with Gasteiger partial charge < -0.3 is 15.2 Å². The molecule has 2 N–H and O–H groups in total. The summed E-state index contributed by atoms with van der Waals surface area (Å²) in [6, 6.07) is 9.14. The molecule has 0 heterocycles. The lowest BCUT2D eigenvalue weighted by molar-refractivity contribution is 0.105. The predicted octanol–water partition coefficient (Wildman–Crippen LogP) is 2.08. The second-order valence-electron chi connectivity index (χ2n) is 5.36. The number of nitrogens with zero attached hydrogens (tertiary/aromatic N) is 1. The standard InChI is InChI=1S/C16H22N2O2/c17-10-14-6-1-2-7-16(14)20-12-15(19)11-18-9-8-13-4-3-5-13/h1-2,6-7,13,15,18-19H,3-5,8-9,11-12H2. The molecule has 20 heavy (non-hydrogen) atoms. The smallest absolute Gasteiger partial charge is 0.137 e. The Labute approximate surface area is 120 Å². The first-order chi connectivity index (χ1) is 9.79. The van der Waals surface area contributed by atoms with Gasteiger partial charge in [0.15, 0.2) is 0 Å². The van der Waals surface area contributed by atoms with Crippen LogP contribution < -0.4 is 10.1 Å². The molecular weight excluding hydrogens is 252 g/mol. The van der Waals surface area contributed by atoms with E-state index in [0.29, 0.717) is 17.9 Å². The maximum Gasteiger partial charge on any atom is 0.137 e. The van der Waals surface area contributed by atoms with Crippen LogP contribution in [0.3, 0.4) is 0 Å². The number of ether oxygens (including phenoxy) is 1. The van der Waals surface area contributed by atoms with Crippen LogP contribution in [0.5, 0.6) is 5.75 Å². The highest BCUT2D eigenvalue weighted by Gasteiger charge is 2.16. The van der Waals surface area contributed by atoms with Gasteiger partial charge in [0.25, 0.3) is 0 Å². The summed E-state index contributed by atoms with van der Waals surface area (Å²) in [5.74, 6) is 1.42. The van der Waals surface area contributed by atoms with Crippen molar-refractivity contribution in [2.45, 2.75) is 31.8 Å². The molecule has 1 aromatic rings. The van der Waals surface area contributed by atoms with Gasteiger partial charge in [0.2, 0.25) is 0 Å². The van der Waals surface area contributed by atoms with Crippen LogP contribution in [0.15, 0.2) is 24.3 Å². The highest BCUT2D eigenvalue weighted by atomic mass is 16.5. The van der Waals surface area contributed by atoms with Gasteiger partial charge in [0.1, 0.15) is 24.5 Å².